The summed E-state index contributed by atoms with van der Waals surface area (Å²) >= 11 is 1.39. The van der Waals surface area contributed by atoms with Crippen LogP contribution < -0.4 is 14.8 Å². The highest BCUT2D eigenvalue weighted by Crippen LogP contribution is 2.33. The van der Waals surface area contributed by atoms with Crippen LogP contribution in [0.1, 0.15) is 28.1 Å². The maximum Gasteiger partial charge on any atom is 0.264 e. The molecule has 0 aliphatic carbocycles. The van der Waals surface area contributed by atoms with E-state index in [1.807, 2.05) is 24.4 Å². The number of ether oxygens (including phenoxy) is 2. The third-order valence-corrected chi connectivity index (χ3v) is 5.39. The number of nitrogens with one attached hydrogen (secondary N) is 1. The van der Waals surface area contributed by atoms with Gasteiger partial charge < -0.3 is 19.7 Å². The van der Waals surface area contributed by atoms with Gasteiger partial charge in [0.25, 0.3) is 5.91 Å². The average Bonchev–Trinajstić information content (AvgIpc) is 3.34. The molecule has 0 radical (unpaired) electrons. The van der Waals surface area contributed by atoms with Gasteiger partial charge in [-0.15, -0.1) is 11.3 Å². The summed E-state index contributed by atoms with van der Waals surface area (Å²) in [4.78, 5) is 27.8. The second-order valence-corrected chi connectivity index (χ2v) is 7.09. The third kappa shape index (κ3) is 3.53. The summed E-state index contributed by atoms with van der Waals surface area (Å²) in [5, 5.41) is 4.81. The van der Waals surface area contributed by atoms with Crippen LogP contribution >= 0.6 is 11.3 Å². The third-order valence-electron chi connectivity index (χ3n) is 4.54. The van der Waals surface area contributed by atoms with Crippen LogP contribution in [0.25, 0.3) is 0 Å². The van der Waals surface area contributed by atoms with Crippen molar-refractivity contribution in [3.63, 3.8) is 0 Å². The number of hydrogen-bond donors (Lipinski definition) is 1. The fraction of sp³-hybridized carbons (Fsp3) is 0.368. The molecule has 1 aliphatic rings. The van der Waals surface area contributed by atoms with Gasteiger partial charge in [-0.1, -0.05) is 6.07 Å². The molecule has 0 saturated carbocycles. The highest BCUT2D eigenvalue weighted by atomic mass is 32.1. The number of carbonyl (C=O) groups is 2. The number of anilines is 1. The molecule has 1 aromatic heterocycles. The van der Waals surface area contributed by atoms with Crippen molar-refractivity contribution in [3.05, 3.63) is 40.1 Å². The molecule has 3 rings (SSSR count). The van der Waals surface area contributed by atoms with E-state index < -0.39 is 6.04 Å². The van der Waals surface area contributed by atoms with Crippen molar-refractivity contribution < 1.29 is 19.1 Å². The lowest BCUT2D eigenvalue weighted by atomic mass is 10.1. The van der Waals surface area contributed by atoms with E-state index in [0.29, 0.717) is 35.0 Å². The van der Waals surface area contributed by atoms with Crippen LogP contribution in [0.3, 0.4) is 0 Å². The molecule has 7 heteroatoms. The summed E-state index contributed by atoms with van der Waals surface area (Å²) in [6.45, 7) is 2.49. The van der Waals surface area contributed by atoms with Crippen LogP contribution in [0, 0.1) is 6.92 Å². The van der Waals surface area contributed by atoms with Gasteiger partial charge in [0.15, 0.2) is 11.5 Å². The van der Waals surface area contributed by atoms with E-state index >= 15 is 0 Å². The molecule has 1 saturated heterocycles. The van der Waals surface area contributed by atoms with Crippen LogP contribution in [0.2, 0.25) is 0 Å². The zero-order chi connectivity index (χ0) is 18.7. The van der Waals surface area contributed by atoms with E-state index in [1.165, 1.54) is 11.3 Å². The predicted octanol–water partition coefficient (Wildman–Crippen LogP) is 3.32. The Morgan fingerprint density at radius 2 is 1.96 bits per heavy atom. The molecule has 138 valence electrons. The quantitative estimate of drug-likeness (QED) is 0.872. The average molecular weight is 374 g/mol. The van der Waals surface area contributed by atoms with Gasteiger partial charge in [0.05, 0.1) is 19.1 Å². The summed E-state index contributed by atoms with van der Waals surface area (Å²) in [5.74, 6) is 0.897. The van der Waals surface area contributed by atoms with Crippen molar-refractivity contribution in [3.8, 4) is 11.5 Å². The van der Waals surface area contributed by atoms with E-state index in [1.54, 1.807) is 31.3 Å². The highest BCUT2D eigenvalue weighted by Gasteiger charge is 2.35. The Morgan fingerprint density at radius 1 is 1.23 bits per heavy atom. The Balaban J connectivity index is 1.78. The molecule has 1 fully saturated rings. The molecule has 0 bridgehead atoms. The Morgan fingerprint density at radius 3 is 2.62 bits per heavy atom. The van der Waals surface area contributed by atoms with E-state index in [2.05, 4.69) is 5.32 Å². The lowest BCUT2D eigenvalue weighted by Gasteiger charge is -2.24. The smallest absolute Gasteiger partial charge is 0.264 e. The van der Waals surface area contributed by atoms with Crippen molar-refractivity contribution in [2.45, 2.75) is 25.8 Å². The Hall–Kier alpha value is -2.54. The van der Waals surface area contributed by atoms with Gasteiger partial charge in [-0.05, 0) is 42.8 Å². The Kier molecular flexibility index (Phi) is 5.46. The number of benzene rings is 1. The molecular formula is C19H22N2O4S. The van der Waals surface area contributed by atoms with Gasteiger partial charge in [-0.3, -0.25) is 9.59 Å². The number of nitrogens with zero attached hydrogens (tertiary/aromatic N) is 1. The topological polar surface area (TPSA) is 67.9 Å². The van der Waals surface area contributed by atoms with Crippen LogP contribution in [0.5, 0.6) is 11.5 Å². The summed E-state index contributed by atoms with van der Waals surface area (Å²) in [6.07, 6.45) is 1.48. The van der Waals surface area contributed by atoms with Crippen molar-refractivity contribution >= 4 is 28.8 Å². The van der Waals surface area contributed by atoms with Crippen LogP contribution in [0.15, 0.2) is 29.6 Å². The monoisotopic (exact) mass is 374 g/mol. The maximum absolute atomic E-state index is 12.8. The second-order valence-electron chi connectivity index (χ2n) is 6.15. The number of likely N-dealkylation sites (tertiary alicyclic amines) is 1. The second kappa shape index (κ2) is 7.78. The van der Waals surface area contributed by atoms with Gasteiger partial charge in [-0.25, -0.2) is 0 Å². The minimum absolute atomic E-state index is 0.0818. The molecule has 1 atom stereocenters. The summed E-state index contributed by atoms with van der Waals surface area (Å²) in [5.41, 5.74) is 1.52. The molecule has 1 unspecified atom stereocenters. The number of methoxy groups -OCH3 is 2. The number of carbonyl (C=O) groups excluding carboxylic acids is 2. The lowest BCUT2D eigenvalue weighted by Crippen LogP contribution is -2.43. The van der Waals surface area contributed by atoms with Crippen molar-refractivity contribution in [2.75, 3.05) is 26.1 Å². The molecule has 2 heterocycles. The molecule has 1 aromatic carbocycles. The standard InChI is InChI=1S/C19H22N2O4S/c1-12-10-15(24-2)16(25-3)11-13(12)20-18(22)14-6-4-8-21(14)19(23)17-7-5-9-26-17/h5,7,9-11,14H,4,6,8H2,1-3H3,(H,20,22). The van der Waals surface area contributed by atoms with E-state index in [9.17, 15) is 9.59 Å². The minimum Gasteiger partial charge on any atom is -0.493 e. The normalized spacial score (nSPS) is 16.4. The zero-order valence-corrected chi connectivity index (χ0v) is 15.9. The first-order valence-electron chi connectivity index (χ1n) is 8.43. The van der Waals surface area contributed by atoms with Gasteiger partial charge in [0.2, 0.25) is 5.91 Å². The first-order chi connectivity index (χ1) is 12.5. The number of rotatable bonds is 5. The number of amides is 2. The SMILES string of the molecule is COc1cc(C)c(NC(=O)C2CCCN2C(=O)c2cccs2)cc1OC. The van der Waals surface area contributed by atoms with Crippen molar-refractivity contribution in [1.82, 2.24) is 4.90 Å². The minimum atomic E-state index is -0.461. The van der Waals surface area contributed by atoms with E-state index in [4.69, 9.17) is 9.47 Å². The molecule has 1 aliphatic heterocycles. The lowest BCUT2D eigenvalue weighted by molar-refractivity contribution is -0.119. The highest BCUT2D eigenvalue weighted by molar-refractivity contribution is 7.12. The molecule has 2 amide bonds. The molecule has 2 aromatic rings. The van der Waals surface area contributed by atoms with Gasteiger partial charge in [-0.2, -0.15) is 0 Å². The van der Waals surface area contributed by atoms with Crippen LogP contribution in [-0.2, 0) is 4.79 Å². The number of thiophene rings is 1. The van der Waals surface area contributed by atoms with Gasteiger partial charge in [0.1, 0.15) is 6.04 Å². The van der Waals surface area contributed by atoms with Gasteiger partial charge >= 0.3 is 0 Å². The van der Waals surface area contributed by atoms with Crippen LogP contribution in [0.4, 0.5) is 5.69 Å². The molecule has 26 heavy (non-hydrogen) atoms. The van der Waals surface area contributed by atoms with Crippen molar-refractivity contribution in [2.24, 2.45) is 0 Å². The molecule has 6 nitrogen and oxygen atoms in total. The zero-order valence-electron chi connectivity index (χ0n) is 15.1. The fourth-order valence-corrected chi connectivity index (χ4v) is 3.83. The largest absolute Gasteiger partial charge is 0.493 e. The first-order valence-corrected chi connectivity index (χ1v) is 9.31. The molecule has 0 spiro atoms. The van der Waals surface area contributed by atoms with Crippen molar-refractivity contribution in [1.29, 1.82) is 0 Å². The predicted molar refractivity (Wildman–Crippen MR) is 101 cm³/mol. The summed E-state index contributed by atoms with van der Waals surface area (Å²) < 4.78 is 10.6. The molecule has 1 N–H and O–H groups in total. The number of aryl methyl sites for hydroxylation is 1. The van der Waals surface area contributed by atoms with E-state index in [0.717, 1.165) is 12.0 Å². The first kappa shape index (κ1) is 18.3. The molecular weight excluding hydrogens is 352 g/mol. The Labute approximate surface area is 156 Å². The summed E-state index contributed by atoms with van der Waals surface area (Å²) in [7, 11) is 3.12. The Bertz CT molecular complexity index is 804. The fourth-order valence-electron chi connectivity index (χ4n) is 3.16. The van der Waals surface area contributed by atoms with E-state index in [-0.39, 0.29) is 11.8 Å². The van der Waals surface area contributed by atoms with Crippen LogP contribution in [-0.4, -0.2) is 43.5 Å². The number of hydrogen-bond acceptors (Lipinski definition) is 5. The maximum atomic E-state index is 12.8. The van der Waals surface area contributed by atoms with Gasteiger partial charge in [0, 0.05) is 18.3 Å². The summed E-state index contributed by atoms with van der Waals surface area (Å²) in [6, 6.07) is 6.73.